The number of aromatic nitrogens is 1. The highest BCUT2D eigenvalue weighted by Crippen LogP contribution is 2.28. The summed E-state index contributed by atoms with van der Waals surface area (Å²) in [7, 11) is 0. The van der Waals surface area contributed by atoms with Crippen LogP contribution in [0.25, 0.3) is 10.8 Å². The van der Waals surface area contributed by atoms with Crippen LogP contribution in [-0.2, 0) is 6.61 Å². The topological polar surface area (TPSA) is 46.5 Å². The van der Waals surface area contributed by atoms with Gasteiger partial charge in [-0.1, -0.05) is 60.7 Å². The lowest BCUT2D eigenvalue weighted by Gasteiger charge is -2.12. The minimum absolute atomic E-state index is 0.512. The van der Waals surface area contributed by atoms with Gasteiger partial charge in [-0.3, -0.25) is 5.43 Å². The normalized spacial score (nSPS) is 11.2. The molecule has 0 aliphatic heterocycles. The van der Waals surface area contributed by atoms with Crippen LogP contribution in [0.3, 0.4) is 0 Å². The Kier molecular flexibility index (Phi) is 5.35. The van der Waals surface area contributed by atoms with Crippen LogP contribution in [0, 0.1) is 13.8 Å². The van der Waals surface area contributed by atoms with Crippen molar-refractivity contribution in [3.63, 3.8) is 0 Å². The Labute approximate surface area is 168 Å². The first-order valence-electron chi connectivity index (χ1n) is 9.12. The number of aryl methyl sites for hydroxylation is 2. The lowest BCUT2D eigenvalue weighted by molar-refractivity contribution is 0.306. The molecule has 0 bridgehead atoms. The predicted octanol–water partition coefficient (Wildman–Crippen LogP) is 5.94. The minimum atomic E-state index is 0.512. The van der Waals surface area contributed by atoms with Gasteiger partial charge in [-0.25, -0.2) is 4.98 Å². The van der Waals surface area contributed by atoms with Crippen molar-refractivity contribution in [1.82, 2.24) is 4.98 Å². The number of ether oxygens (including phenoxy) is 1. The lowest BCUT2D eigenvalue weighted by Crippen LogP contribution is -2.00. The first kappa shape index (κ1) is 18.2. The second-order valence-electron chi connectivity index (χ2n) is 6.50. The number of nitrogens with zero attached hydrogens (tertiary/aromatic N) is 2. The average Bonchev–Trinajstić information content (AvgIpc) is 3.05. The third-order valence-corrected chi connectivity index (χ3v) is 5.53. The molecule has 0 saturated heterocycles. The summed E-state index contributed by atoms with van der Waals surface area (Å²) in [6.07, 6.45) is 1.81. The van der Waals surface area contributed by atoms with E-state index in [1.54, 1.807) is 11.3 Å². The number of hydrazone groups is 1. The van der Waals surface area contributed by atoms with Crippen LogP contribution >= 0.6 is 11.3 Å². The highest BCUT2D eigenvalue weighted by molar-refractivity contribution is 7.15. The highest BCUT2D eigenvalue weighted by Gasteiger charge is 2.08. The van der Waals surface area contributed by atoms with E-state index < -0.39 is 0 Å². The molecule has 5 heteroatoms. The summed E-state index contributed by atoms with van der Waals surface area (Å²) in [5.41, 5.74) is 6.15. The largest absolute Gasteiger partial charge is 0.488 e. The smallest absolute Gasteiger partial charge is 0.203 e. The maximum Gasteiger partial charge on any atom is 0.203 e. The molecule has 140 valence electrons. The fraction of sp³-hybridized carbons (Fsp3) is 0.130. The van der Waals surface area contributed by atoms with Crippen molar-refractivity contribution in [3.8, 4) is 5.75 Å². The Bertz CT molecular complexity index is 1100. The van der Waals surface area contributed by atoms with Crippen LogP contribution in [0.5, 0.6) is 5.75 Å². The van der Waals surface area contributed by atoms with Gasteiger partial charge in [0, 0.05) is 10.4 Å². The molecule has 1 heterocycles. The predicted molar refractivity (Wildman–Crippen MR) is 118 cm³/mol. The van der Waals surface area contributed by atoms with Gasteiger partial charge in [-0.2, -0.15) is 5.10 Å². The molecule has 1 aromatic heterocycles. The number of rotatable bonds is 6. The van der Waals surface area contributed by atoms with Crippen LogP contribution in [0.15, 0.2) is 71.8 Å². The molecular formula is C23H21N3OS. The number of nitrogens with one attached hydrogen (secondary N) is 1. The first-order valence-corrected chi connectivity index (χ1v) is 9.94. The maximum atomic E-state index is 6.13. The molecule has 0 saturated carbocycles. The van der Waals surface area contributed by atoms with E-state index in [2.05, 4.69) is 52.8 Å². The van der Waals surface area contributed by atoms with E-state index in [9.17, 15) is 0 Å². The molecule has 0 aliphatic rings. The van der Waals surface area contributed by atoms with E-state index in [1.165, 1.54) is 4.88 Å². The summed E-state index contributed by atoms with van der Waals surface area (Å²) < 4.78 is 6.13. The summed E-state index contributed by atoms with van der Waals surface area (Å²) in [4.78, 5) is 5.65. The average molecular weight is 388 g/mol. The lowest BCUT2D eigenvalue weighted by atomic mass is 10.0. The number of hydrogen-bond donors (Lipinski definition) is 1. The van der Waals surface area contributed by atoms with Crippen molar-refractivity contribution >= 4 is 33.5 Å². The molecule has 4 rings (SSSR count). The summed E-state index contributed by atoms with van der Waals surface area (Å²) in [6, 6.07) is 22.5. The Hall–Kier alpha value is -3.18. The second kappa shape index (κ2) is 8.23. The zero-order chi connectivity index (χ0) is 19.3. The number of thiazole rings is 1. The summed E-state index contributed by atoms with van der Waals surface area (Å²) in [6.45, 7) is 4.57. The second-order valence-corrected chi connectivity index (χ2v) is 7.71. The van der Waals surface area contributed by atoms with Gasteiger partial charge in [-0.05, 0) is 36.2 Å². The molecule has 0 amide bonds. The summed E-state index contributed by atoms with van der Waals surface area (Å²) in [5.74, 6) is 0.805. The number of anilines is 1. The van der Waals surface area contributed by atoms with Crippen LogP contribution in [0.4, 0.5) is 5.13 Å². The third kappa shape index (κ3) is 4.05. The van der Waals surface area contributed by atoms with E-state index >= 15 is 0 Å². The third-order valence-electron chi connectivity index (χ3n) is 4.55. The van der Waals surface area contributed by atoms with Crippen LogP contribution in [0.1, 0.15) is 21.7 Å². The Morgan fingerprint density at radius 3 is 2.57 bits per heavy atom. The molecule has 0 fully saturated rings. The molecule has 0 unspecified atom stereocenters. The van der Waals surface area contributed by atoms with E-state index in [1.807, 2.05) is 49.5 Å². The van der Waals surface area contributed by atoms with Gasteiger partial charge in [0.05, 0.1) is 11.9 Å². The molecule has 28 heavy (non-hydrogen) atoms. The first-order chi connectivity index (χ1) is 13.7. The molecular weight excluding hydrogens is 366 g/mol. The van der Waals surface area contributed by atoms with Gasteiger partial charge in [0.25, 0.3) is 0 Å². The van der Waals surface area contributed by atoms with Crippen LogP contribution < -0.4 is 10.2 Å². The Morgan fingerprint density at radius 2 is 1.79 bits per heavy atom. The molecule has 1 N–H and O–H groups in total. The fourth-order valence-corrected chi connectivity index (χ4v) is 3.71. The van der Waals surface area contributed by atoms with Crippen molar-refractivity contribution in [2.24, 2.45) is 5.10 Å². The molecule has 4 aromatic rings. The Balaban J connectivity index is 1.62. The fourth-order valence-electron chi connectivity index (χ4n) is 2.94. The zero-order valence-corrected chi connectivity index (χ0v) is 16.7. The minimum Gasteiger partial charge on any atom is -0.488 e. The molecule has 0 atom stereocenters. The quantitative estimate of drug-likeness (QED) is 0.329. The number of benzene rings is 3. The standard InChI is InChI=1S/C23H21N3OS/c1-16-17(2)28-23(25-16)26-24-14-21-20-11-7-6-10-19(20)12-13-22(21)27-15-18-8-4-3-5-9-18/h3-14H,15H2,1-2H3,(H,25,26). The van der Waals surface area contributed by atoms with Gasteiger partial charge in [0.2, 0.25) is 5.13 Å². The van der Waals surface area contributed by atoms with E-state index in [0.29, 0.717) is 6.61 Å². The monoisotopic (exact) mass is 387 g/mol. The molecule has 3 aromatic carbocycles. The number of hydrogen-bond acceptors (Lipinski definition) is 5. The Morgan fingerprint density at radius 1 is 1.00 bits per heavy atom. The van der Waals surface area contributed by atoms with Crippen LogP contribution in [0.2, 0.25) is 0 Å². The summed E-state index contributed by atoms with van der Waals surface area (Å²) in [5, 5.41) is 7.47. The summed E-state index contributed by atoms with van der Waals surface area (Å²) >= 11 is 1.60. The zero-order valence-electron chi connectivity index (χ0n) is 15.8. The van der Waals surface area contributed by atoms with Gasteiger partial charge >= 0.3 is 0 Å². The van der Waals surface area contributed by atoms with Crippen molar-refractivity contribution in [3.05, 3.63) is 88.4 Å². The van der Waals surface area contributed by atoms with Crippen molar-refractivity contribution < 1.29 is 4.74 Å². The highest BCUT2D eigenvalue weighted by atomic mass is 32.1. The molecule has 0 aliphatic carbocycles. The van der Waals surface area contributed by atoms with Crippen LogP contribution in [-0.4, -0.2) is 11.2 Å². The van der Waals surface area contributed by atoms with Gasteiger partial charge in [0.15, 0.2) is 0 Å². The maximum absolute atomic E-state index is 6.13. The van der Waals surface area contributed by atoms with E-state index in [4.69, 9.17) is 4.74 Å². The van der Waals surface area contributed by atoms with E-state index in [0.717, 1.165) is 38.5 Å². The van der Waals surface area contributed by atoms with Gasteiger partial charge in [-0.15, -0.1) is 11.3 Å². The number of fused-ring (bicyclic) bond motifs is 1. The van der Waals surface area contributed by atoms with Crippen molar-refractivity contribution in [2.75, 3.05) is 5.43 Å². The molecule has 4 nitrogen and oxygen atoms in total. The molecule has 0 spiro atoms. The van der Waals surface area contributed by atoms with Crippen molar-refractivity contribution in [2.45, 2.75) is 20.5 Å². The van der Waals surface area contributed by atoms with E-state index in [-0.39, 0.29) is 0 Å². The van der Waals surface area contributed by atoms with Gasteiger partial charge < -0.3 is 4.74 Å². The van der Waals surface area contributed by atoms with Gasteiger partial charge in [0.1, 0.15) is 12.4 Å². The van der Waals surface area contributed by atoms with Crippen molar-refractivity contribution in [1.29, 1.82) is 0 Å². The SMILES string of the molecule is Cc1nc(NN=Cc2c(OCc3ccccc3)ccc3ccccc23)sc1C. The molecule has 0 radical (unpaired) electrons.